The minimum Gasteiger partial charge on any atom is -0.229 e. The maximum Gasteiger partial charge on any atom is 0.150 e. The molecule has 2 heterocycles. The van der Waals surface area contributed by atoms with Crippen molar-refractivity contribution in [1.29, 1.82) is 0 Å². The van der Waals surface area contributed by atoms with Gasteiger partial charge in [-0.25, -0.2) is 8.42 Å². The molecule has 1 fully saturated rings. The quantitative estimate of drug-likeness (QED) is 0.782. The first-order chi connectivity index (χ1) is 8.11. The second kappa shape index (κ2) is 5.72. The smallest absolute Gasteiger partial charge is 0.150 e. The van der Waals surface area contributed by atoms with Crippen LogP contribution >= 0.6 is 22.9 Å². The number of aryl methyl sites for hydroxylation is 1. The predicted molar refractivity (Wildman–Crippen MR) is 73.6 cm³/mol. The zero-order valence-electron chi connectivity index (χ0n) is 9.64. The lowest BCUT2D eigenvalue weighted by Crippen LogP contribution is -2.18. The maximum absolute atomic E-state index is 11.5. The summed E-state index contributed by atoms with van der Waals surface area (Å²) in [5.41, 5.74) is 0. The molecule has 1 aliphatic rings. The fourth-order valence-corrected chi connectivity index (χ4v) is 5.47. The summed E-state index contributed by atoms with van der Waals surface area (Å²) >= 11 is 7.75. The molecule has 0 bridgehead atoms. The van der Waals surface area contributed by atoms with Gasteiger partial charge in [-0.15, -0.1) is 22.9 Å². The van der Waals surface area contributed by atoms with Crippen LogP contribution in [0.3, 0.4) is 0 Å². The number of halogens is 1. The molecule has 96 valence electrons. The Balaban J connectivity index is 1.89. The first-order valence-corrected chi connectivity index (χ1v) is 9.13. The van der Waals surface area contributed by atoms with Crippen LogP contribution in [0.25, 0.3) is 0 Å². The lowest BCUT2D eigenvalue weighted by Gasteiger charge is -2.19. The van der Waals surface area contributed by atoms with Gasteiger partial charge in [0.2, 0.25) is 0 Å². The number of sulfone groups is 1. The molecule has 0 aromatic carbocycles. The van der Waals surface area contributed by atoms with E-state index in [2.05, 4.69) is 17.5 Å². The van der Waals surface area contributed by atoms with E-state index in [0.29, 0.717) is 23.3 Å². The normalized spacial score (nSPS) is 24.9. The second-order valence-corrected chi connectivity index (χ2v) is 8.27. The van der Waals surface area contributed by atoms with Gasteiger partial charge in [0.1, 0.15) is 0 Å². The van der Waals surface area contributed by atoms with E-state index in [-0.39, 0.29) is 5.92 Å². The Hall–Kier alpha value is -0.0600. The van der Waals surface area contributed by atoms with Crippen molar-refractivity contribution in [2.24, 2.45) is 11.8 Å². The van der Waals surface area contributed by atoms with Crippen molar-refractivity contribution in [1.82, 2.24) is 0 Å². The number of rotatable bonds is 5. The average molecular weight is 293 g/mol. The topological polar surface area (TPSA) is 34.1 Å². The molecule has 0 N–H and O–H groups in total. The molecule has 2 rings (SSSR count). The van der Waals surface area contributed by atoms with Gasteiger partial charge in [0.25, 0.3) is 0 Å². The number of thiophene rings is 1. The highest BCUT2D eigenvalue weighted by Gasteiger charge is 2.32. The summed E-state index contributed by atoms with van der Waals surface area (Å²) in [6.07, 6.45) is 2.82. The molecular weight excluding hydrogens is 276 g/mol. The molecule has 1 aromatic rings. The van der Waals surface area contributed by atoms with E-state index in [1.54, 1.807) is 11.3 Å². The lowest BCUT2D eigenvalue weighted by atomic mass is 9.89. The van der Waals surface area contributed by atoms with Crippen LogP contribution in [0.4, 0.5) is 0 Å². The van der Waals surface area contributed by atoms with Crippen molar-refractivity contribution in [3.8, 4) is 0 Å². The third-order valence-corrected chi connectivity index (χ3v) is 6.60. The molecule has 0 aliphatic carbocycles. The molecule has 1 aromatic heterocycles. The third kappa shape index (κ3) is 3.70. The maximum atomic E-state index is 11.5. The summed E-state index contributed by atoms with van der Waals surface area (Å²) in [7, 11) is -2.78. The van der Waals surface area contributed by atoms with Gasteiger partial charge in [-0.05, 0) is 42.5 Å². The van der Waals surface area contributed by atoms with E-state index in [0.717, 1.165) is 19.3 Å². The minimum atomic E-state index is -2.78. The monoisotopic (exact) mass is 292 g/mol. The zero-order chi connectivity index (χ0) is 12.3. The summed E-state index contributed by atoms with van der Waals surface area (Å²) in [4.78, 5) is 1.36. The van der Waals surface area contributed by atoms with E-state index in [9.17, 15) is 8.42 Å². The lowest BCUT2D eigenvalue weighted by molar-refractivity contribution is 0.377. The van der Waals surface area contributed by atoms with Crippen LogP contribution in [0.1, 0.15) is 17.7 Å². The molecule has 17 heavy (non-hydrogen) atoms. The first-order valence-electron chi connectivity index (χ1n) is 5.89. The molecule has 1 aliphatic heterocycles. The van der Waals surface area contributed by atoms with Gasteiger partial charge < -0.3 is 0 Å². The first kappa shape index (κ1) is 13.4. The van der Waals surface area contributed by atoms with Gasteiger partial charge in [-0.1, -0.05) is 6.07 Å². The summed E-state index contributed by atoms with van der Waals surface area (Å²) < 4.78 is 22.9. The number of hydrogen-bond donors (Lipinski definition) is 0. The summed E-state index contributed by atoms with van der Waals surface area (Å²) in [5.74, 6) is 1.89. The summed E-state index contributed by atoms with van der Waals surface area (Å²) in [6.45, 7) is 0. The van der Waals surface area contributed by atoms with Gasteiger partial charge in [-0.2, -0.15) is 0 Å². The zero-order valence-corrected chi connectivity index (χ0v) is 12.0. The summed E-state index contributed by atoms with van der Waals surface area (Å²) in [5, 5.41) is 2.07. The molecule has 2 unspecified atom stereocenters. The number of alkyl halides is 1. The second-order valence-electron chi connectivity index (χ2n) is 4.70. The predicted octanol–water partition coefficient (Wildman–Crippen LogP) is 2.97. The van der Waals surface area contributed by atoms with Crippen molar-refractivity contribution >= 4 is 32.8 Å². The van der Waals surface area contributed by atoms with Gasteiger partial charge in [0.15, 0.2) is 9.84 Å². The van der Waals surface area contributed by atoms with Gasteiger partial charge in [0.05, 0.1) is 11.5 Å². The third-order valence-electron chi connectivity index (χ3n) is 3.47. The van der Waals surface area contributed by atoms with Crippen LogP contribution in [-0.2, 0) is 16.3 Å². The Morgan fingerprint density at radius 1 is 1.53 bits per heavy atom. The highest BCUT2D eigenvalue weighted by atomic mass is 35.5. The molecular formula is C12H17ClO2S2. The largest absolute Gasteiger partial charge is 0.229 e. The van der Waals surface area contributed by atoms with Gasteiger partial charge >= 0.3 is 0 Å². The highest BCUT2D eigenvalue weighted by Crippen LogP contribution is 2.30. The van der Waals surface area contributed by atoms with Crippen LogP contribution in [0.5, 0.6) is 0 Å². The van der Waals surface area contributed by atoms with E-state index < -0.39 is 9.84 Å². The van der Waals surface area contributed by atoms with Gasteiger partial charge in [-0.3, -0.25) is 0 Å². The Bertz CT molecular complexity index is 439. The Kier molecular flexibility index (Phi) is 4.50. The van der Waals surface area contributed by atoms with E-state index in [1.165, 1.54) is 4.88 Å². The minimum absolute atomic E-state index is 0.275. The fourth-order valence-electron chi connectivity index (χ4n) is 2.42. The Morgan fingerprint density at radius 2 is 2.35 bits per heavy atom. The molecule has 2 nitrogen and oxygen atoms in total. The van der Waals surface area contributed by atoms with E-state index in [4.69, 9.17) is 11.6 Å². The van der Waals surface area contributed by atoms with Gasteiger partial charge in [0, 0.05) is 10.8 Å². The van der Waals surface area contributed by atoms with Crippen molar-refractivity contribution < 1.29 is 8.42 Å². The molecule has 0 radical (unpaired) electrons. The van der Waals surface area contributed by atoms with Crippen molar-refractivity contribution in [2.75, 3.05) is 17.4 Å². The van der Waals surface area contributed by atoms with Crippen LogP contribution in [0.15, 0.2) is 17.5 Å². The standard InChI is InChI=1S/C12H17ClO2S2/c13-8-10(3-4-12-2-1-6-16-12)11-5-7-17(14,15)9-11/h1-2,6,10-11H,3-5,7-9H2. The highest BCUT2D eigenvalue weighted by molar-refractivity contribution is 7.91. The Labute approximate surface area is 112 Å². The molecule has 0 amide bonds. The van der Waals surface area contributed by atoms with Crippen LogP contribution in [0.2, 0.25) is 0 Å². The van der Waals surface area contributed by atoms with Crippen molar-refractivity contribution in [3.63, 3.8) is 0 Å². The summed E-state index contributed by atoms with van der Waals surface area (Å²) in [6, 6.07) is 4.18. The SMILES string of the molecule is O=S1(=O)CCC(C(CCl)CCc2cccs2)C1. The van der Waals surface area contributed by atoms with Crippen LogP contribution < -0.4 is 0 Å². The van der Waals surface area contributed by atoms with E-state index in [1.807, 2.05) is 0 Å². The van der Waals surface area contributed by atoms with Crippen LogP contribution in [0, 0.1) is 11.8 Å². The molecule has 1 saturated heterocycles. The fraction of sp³-hybridized carbons (Fsp3) is 0.667. The molecule has 0 spiro atoms. The molecule has 5 heteroatoms. The Morgan fingerprint density at radius 3 is 2.88 bits per heavy atom. The van der Waals surface area contributed by atoms with Crippen LogP contribution in [-0.4, -0.2) is 25.8 Å². The average Bonchev–Trinajstić information content (AvgIpc) is 2.89. The molecule has 2 atom stereocenters. The molecule has 0 saturated carbocycles. The van der Waals surface area contributed by atoms with E-state index >= 15 is 0 Å². The van der Waals surface area contributed by atoms with Crippen molar-refractivity contribution in [2.45, 2.75) is 19.3 Å². The number of hydrogen-bond acceptors (Lipinski definition) is 3. The van der Waals surface area contributed by atoms with Crippen molar-refractivity contribution in [3.05, 3.63) is 22.4 Å².